The second kappa shape index (κ2) is 8.76. The Kier molecular flexibility index (Phi) is 5.95. The van der Waals surface area contributed by atoms with Gasteiger partial charge in [0.1, 0.15) is 11.6 Å². The standard InChI is InChI=1S/C27H22F2N2O4/c1-27(2,9-10-30)25-23(15-7-8-20(29)22(12-15)35-3)19-13-17(28)14-21(32)24(19)31(25)18-6-4-5-16(11-18)26(33)34/h4-8,11-14,32H,9H2,1-3H3,(H,33,34). The molecule has 6 nitrogen and oxygen atoms in total. The minimum absolute atomic E-state index is 0.0139. The first-order valence-electron chi connectivity index (χ1n) is 10.7. The molecule has 4 aromatic rings. The van der Waals surface area contributed by atoms with Gasteiger partial charge in [0, 0.05) is 40.2 Å². The number of hydrogen-bond acceptors (Lipinski definition) is 4. The number of rotatable bonds is 6. The van der Waals surface area contributed by atoms with Crippen molar-refractivity contribution in [3.05, 3.63) is 77.5 Å². The van der Waals surface area contributed by atoms with Crippen molar-refractivity contribution in [1.29, 1.82) is 5.26 Å². The fraction of sp³-hybridized carbons (Fsp3) is 0.185. The van der Waals surface area contributed by atoms with E-state index < -0.39 is 23.0 Å². The Morgan fingerprint density at radius 1 is 1.14 bits per heavy atom. The summed E-state index contributed by atoms with van der Waals surface area (Å²) in [5.74, 6) is -2.80. The quantitative estimate of drug-likeness (QED) is 0.347. The molecule has 1 aromatic heterocycles. The van der Waals surface area contributed by atoms with Gasteiger partial charge < -0.3 is 19.5 Å². The fourth-order valence-electron chi connectivity index (χ4n) is 4.43. The smallest absolute Gasteiger partial charge is 0.335 e. The van der Waals surface area contributed by atoms with Crippen LogP contribution >= 0.6 is 0 Å². The van der Waals surface area contributed by atoms with Crippen LogP contribution in [0.25, 0.3) is 27.7 Å². The summed E-state index contributed by atoms with van der Waals surface area (Å²) >= 11 is 0. The zero-order valence-electron chi connectivity index (χ0n) is 19.3. The lowest BCUT2D eigenvalue weighted by molar-refractivity contribution is 0.0697. The first kappa shape index (κ1) is 23.8. The molecule has 0 spiro atoms. The van der Waals surface area contributed by atoms with Crippen LogP contribution in [0.2, 0.25) is 0 Å². The van der Waals surface area contributed by atoms with Gasteiger partial charge >= 0.3 is 5.97 Å². The average molecular weight is 476 g/mol. The number of hydrogen-bond donors (Lipinski definition) is 2. The molecule has 178 valence electrons. The van der Waals surface area contributed by atoms with Crippen molar-refractivity contribution in [3.8, 4) is 34.4 Å². The van der Waals surface area contributed by atoms with Crippen LogP contribution in [0, 0.1) is 23.0 Å². The summed E-state index contributed by atoms with van der Waals surface area (Å²) in [7, 11) is 1.33. The lowest BCUT2D eigenvalue weighted by atomic mass is 9.81. The van der Waals surface area contributed by atoms with Crippen LogP contribution in [-0.4, -0.2) is 27.9 Å². The van der Waals surface area contributed by atoms with Gasteiger partial charge in [0.15, 0.2) is 11.6 Å². The first-order chi connectivity index (χ1) is 16.6. The van der Waals surface area contributed by atoms with Crippen LogP contribution < -0.4 is 4.74 Å². The zero-order chi connectivity index (χ0) is 25.5. The van der Waals surface area contributed by atoms with Crippen molar-refractivity contribution in [1.82, 2.24) is 4.57 Å². The molecule has 2 N–H and O–H groups in total. The summed E-state index contributed by atoms with van der Waals surface area (Å²) in [6, 6.07) is 14.7. The van der Waals surface area contributed by atoms with Gasteiger partial charge in [-0.3, -0.25) is 0 Å². The van der Waals surface area contributed by atoms with Gasteiger partial charge in [-0.05, 0) is 42.0 Å². The molecular weight excluding hydrogens is 454 g/mol. The number of ether oxygens (including phenoxy) is 1. The van der Waals surface area contributed by atoms with Gasteiger partial charge in [-0.15, -0.1) is 0 Å². The Labute approximate surface area is 200 Å². The van der Waals surface area contributed by atoms with E-state index in [4.69, 9.17) is 4.74 Å². The Hall–Kier alpha value is -4.38. The van der Waals surface area contributed by atoms with Crippen molar-refractivity contribution in [2.45, 2.75) is 25.7 Å². The average Bonchev–Trinajstić information content (AvgIpc) is 3.15. The van der Waals surface area contributed by atoms with Crippen molar-refractivity contribution < 1.29 is 28.5 Å². The van der Waals surface area contributed by atoms with Gasteiger partial charge in [0.05, 0.1) is 24.3 Å². The van der Waals surface area contributed by atoms with E-state index in [0.717, 1.165) is 6.07 Å². The number of phenolic OH excluding ortho intramolecular Hbond substituents is 1. The van der Waals surface area contributed by atoms with Gasteiger partial charge in [0.25, 0.3) is 0 Å². The number of benzene rings is 3. The Morgan fingerprint density at radius 3 is 2.54 bits per heavy atom. The van der Waals surface area contributed by atoms with E-state index >= 15 is 0 Å². The monoisotopic (exact) mass is 476 g/mol. The minimum Gasteiger partial charge on any atom is -0.506 e. The number of aromatic nitrogens is 1. The highest BCUT2D eigenvalue weighted by atomic mass is 19.1. The maximum atomic E-state index is 14.6. The van der Waals surface area contributed by atoms with E-state index in [2.05, 4.69) is 6.07 Å². The molecule has 8 heteroatoms. The number of aromatic hydroxyl groups is 1. The molecule has 0 saturated heterocycles. The van der Waals surface area contributed by atoms with E-state index in [1.807, 2.05) is 13.8 Å². The molecule has 35 heavy (non-hydrogen) atoms. The number of phenols is 1. The lowest BCUT2D eigenvalue weighted by Crippen LogP contribution is -2.22. The maximum Gasteiger partial charge on any atom is 0.335 e. The van der Waals surface area contributed by atoms with Crippen LogP contribution in [0.15, 0.2) is 54.6 Å². The van der Waals surface area contributed by atoms with E-state index in [9.17, 15) is 29.1 Å². The van der Waals surface area contributed by atoms with Crippen LogP contribution in [0.4, 0.5) is 8.78 Å². The first-order valence-corrected chi connectivity index (χ1v) is 10.7. The molecule has 0 saturated carbocycles. The Morgan fingerprint density at radius 2 is 1.89 bits per heavy atom. The van der Waals surface area contributed by atoms with E-state index in [1.54, 1.807) is 16.7 Å². The number of carboxylic acid groups (broad SMARTS) is 1. The normalized spacial score (nSPS) is 11.4. The second-order valence-electron chi connectivity index (χ2n) is 8.80. The van der Waals surface area contributed by atoms with Crippen molar-refractivity contribution in [2.75, 3.05) is 7.11 Å². The molecule has 0 bridgehead atoms. The zero-order valence-corrected chi connectivity index (χ0v) is 19.3. The molecule has 0 fully saturated rings. The molecular formula is C27H22F2N2O4. The summed E-state index contributed by atoms with van der Waals surface area (Å²) < 4.78 is 35.6. The molecule has 3 aromatic carbocycles. The lowest BCUT2D eigenvalue weighted by Gasteiger charge is -2.27. The molecule has 4 rings (SSSR count). The predicted molar refractivity (Wildman–Crippen MR) is 127 cm³/mol. The molecule has 0 atom stereocenters. The summed E-state index contributed by atoms with van der Waals surface area (Å²) in [5.41, 5.74) is 1.26. The van der Waals surface area contributed by atoms with Gasteiger partial charge in [-0.2, -0.15) is 5.26 Å². The van der Waals surface area contributed by atoms with Gasteiger partial charge in [-0.25, -0.2) is 13.6 Å². The largest absolute Gasteiger partial charge is 0.506 e. The van der Waals surface area contributed by atoms with Crippen LogP contribution in [0.1, 0.15) is 36.3 Å². The SMILES string of the molecule is COc1cc(-c2c(C(C)(C)CC#N)n(-c3cccc(C(=O)O)c3)c3c(O)cc(F)cc23)ccc1F. The third-order valence-electron chi connectivity index (χ3n) is 5.96. The van der Waals surface area contributed by atoms with E-state index in [-0.39, 0.29) is 29.0 Å². The maximum absolute atomic E-state index is 14.6. The van der Waals surface area contributed by atoms with Crippen molar-refractivity contribution in [2.24, 2.45) is 0 Å². The highest BCUT2D eigenvalue weighted by molar-refractivity contribution is 6.03. The van der Waals surface area contributed by atoms with Crippen LogP contribution in [0.3, 0.4) is 0 Å². The van der Waals surface area contributed by atoms with Crippen LogP contribution in [-0.2, 0) is 5.41 Å². The van der Waals surface area contributed by atoms with Gasteiger partial charge in [0.2, 0.25) is 0 Å². The number of carboxylic acids is 1. The Balaban J connectivity index is 2.25. The minimum atomic E-state index is -1.14. The highest BCUT2D eigenvalue weighted by Gasteiger charge is 2.33. The molecule has 0 aliphatic carbocycles. The third-order valence-corrected chi connectivity index (χ3v) is 5.96. The summed E-state index contributed by atoms with van der Waals surface area (Å²) in [6.45, 7) is 3.64. The summed E-state index contributed by atoms with van der Waals surface area (Å²) in [6.07, 6.45) is 0.0521. The molecule has 0 radical (unpaired) electrons. The number of aromatic carboxylic acids is 1. The molecule has 0 aliphatic rings. The van der Waals surface area contributed by atoms with Crippen LogP contribution in [0.5, 0.6) is 11.5 Å². The van der Waals surface area contributed by atoms with E-state index in [1.165, 1.54) is 43.5 Å². The number of halogens is 2. The molecule has 0 unspecified atom stereocenters. The predicted octanol–water partition coefficient (Wildman–Crippen LogP) is 6.18. The van der Waals surface area contributed by atoms with E-state index in [0.29, 0.717) is 27.9 Å². The molecule has 0 amide bonds. The summed E-state index contributed by atoms with van der Waals surface area (Å²) in [4.78, 5) is 11.7. The molecule has 0 aliphatic heterocycles. The second-order valence-corrected chi connectivity index (χ2v) is 8.80. The van der Waals surface area contributed by atoms with Gasteiger partial charge in [-0.1, -0.05) is 26.0 Å². The number of carbonyl (C=O) groups is 1. The number of methoxy groups -OCH3 is 1. The fourth-order valence-corrected chi connectivity index (χ4v) is 4.43. The molecule has 1 heterocycles. The number of nitrogens with zero attached hydrogens (tertiary/aromatic N) is 2. The highest BCUT2D eigenvalue weighted by Crippen LogP contribution is 2.47. The Bertz CT molecular complexity index is 1520. The number of fused-ring (bicyclic) bond motifs is 1. The third kappa shape index (κ3) is 4.06. The van der Waals surface area contributed by atoms with Crippen molar-refractivity contribution in [3.63, 3.8) is 0 Å². The number of nitriles is 1. The topological polar surface area (TPSA) is 95.5 Å². The summed E-state index contributed by atoms with van der Waals surface area (Å²) in [5, 5.41) is 30.3. The van der Waals surface area contributed by atoms with Crippen molar-refractivity contribution >= 4 is 16.9 Å².